The van der Waals surface area contributed by atoms with Crippen LogP contribution >= 0.6 is 0 Å². The lowest BCUT2D eigenvalue weighted by molar-refractivity contribution is 0.0220. The van der Waals surface area contributed by atoms with Crippen LogP contribution in [0.1, 0.15) is 50.6 Å². The Morgan fingerprint density at radius 3 is 2.76 bits per heavy atom. The quantitative estimate of drug-likeness (QED) is 0.869. The van der Waals surface area contributed by atoms with Gasteiger partial charge in [0.25, 0.3) is 0 Å². The lowest BCUT2D eigenvalue weighted by atomic mass is 9.57. The molecule has 1 atom stereocenters. The number of hydrogen-bond acceptors (Lipinski definition) is 3. The van der Waals surface area contributed by atoms with Crippen molar-refractivity contribution in [1.82, 2.24) is 15.3 Å². The number of aromatic nitrogens is 2. The summed E-state index contributed by atoms with van der Waals surface area (Å²) < 4.78 is 0. The number of hydrogen-bond donors (Lipinski definition) is 1. The van der Waals surface area contributed by atoms with Crippen LogP contribution in [0.3, 0.4) is 0 Å². The van der Waals surface area contributed by atoms with Crippen molar-refractivity contribution in [2.45, 2.75) is 57.5 Å². The molecule has 2 fully saturated rings. The Bertz CT molecular complexity index is 357. The molecule has 3 heteroatoms. The average Bonchev–Trinajstić information content (AvgIpc) is 2.40. The second-order valence-electron chi connectivity index (χ2n) is 5.60. The van der Waals surface area contributed by atoms with E-state index in [9.17, 15) is 0 Å². The number of nitrogens with zero attached hydrogens (tertiary/aromatic N) is 2. The van der Waals surface area contributed by atoms with Crippen molar-refractivity contribution in [3.63, 3.8) is 0 Å². The Labute approximate surface area is 103 Å². The molecular weight excluding hydrogens is 210 g/mol. The Morgan fingerprint density at radius 1 is 1.24 bits per heavy atom. The molecule has 1 aromatic rings. The molecule has 92 valence electrons. The highest BCUT2D eigenvalue weighted by molar-refractivity contribution is 5.04. The van der Waals surface area contributed by atoms with E-state index in [-0.39, 0.29) is 0 Å². The second kappa shape index (κ2) is 4.73. The number of rotatable bonds is 3. The maximum Gasteiger partial charge on any atom is 0.115 e. The predicted octanol–water partition coefficient (Wildman–Crippen LogP) is 2.68. The van der Waals surface area contributed by atoms with Crippen LogP contribution in [0.4, 0.5) is 0 Å². The molecule has 2 aliphatic carbocycles. The molecule has 0 bridgehead atoms. The van der Waals surface area contributed by atoms with Gasteiger partial charge in [-0.3, -0.25) is 0 Å². The van der Waals surface area contributed by atoms with Gasteiger partial charge in [-0.15, -0.1) is 0 Å². The molecule has 0 saturated heterocycles. The molecule has 1 N–H and O–H groups in total. The van der Waals surface area contributed by atoms with E-state index >= 15 is 0 Å². The van der Waals surface area contributed by atoms with E-state index in [1.54, 1.807) is 6.33 Å². The number of nitrogens with one attached hydrogen (secondary N) is 1. The van der Waals surface area contributed by atoms with Crippen LogP contribution in [0.2, 0.25) is 0 Å². The fourth-order valence-electron chi connectivity index (χ4n) is 3.52. The van der Waals surface area contributed by atoms with E-state index in [0.717, 1.165) is 18.3 Å². The first-order valence-electron chi connectivity index (χ1n) is 6.87. The molecule has 17 heavy (non-hydrogen) atoms. The summed E-state index contributed by atoms with van der Waals surface area (Å²) in [5, 5.41) is 3.71. The normalized spacial score (nSPS) is 26.7. The van der Waals surface area contributed by atoms with Gasteiger partial charge in [0.15, 0.2) is 0 Å². The third-order valence-corrected chi connectivity index (χ3v) is 4.69. The van der Waals surface area contributed by atoms with E-state index in [4.69, 9.17) is 0 Å². The minimum atomic E-state index is 0.644. The third kappa shape index (κ3) is 2.21. The molecule has 1 heterocycles. The lowest BCUT2D eigenvalue weighted by Gasteiger charge is -2.52. The fourth-order valence-corrected chi connectivity index (χ4v) is 3.52. The van der Waals surface area contributed by atoms with Gasteiger partial charge in [-0.25, -0.2) is 9.97 Å². The summed E-state index contributed by atoms with van der Waals surface area (Å²) in [6.45, 7) is 0.898. The summed E-state index contributed by atoms with van der Waals surface area (Å²) >= 11 is 0. The van der Waals surface area contributed by atoms with Crippen molar-refractivity contribution >= 4 is 0 Å². The zero-order chi connectivity index (χ0) is 11.6. The molecule has 2 saturated carbocycles. The molecule has 0 amide bonds. The first kappa shape index (κ1) is 11.1. The zero-order valence-electron chi connectivity index (χ0n) is 10.4. The zero-order valence-corrected chi connectivity index (χ0v) is 10.4. The Morgan fingerprint density at radius 2 is 2.12 bits per heavy atom. The summed E-state index contributed by atoms with van der Waals surface area (Å²) in [4.78, 5) is 8.22. The van der Waals surface area contributed by atoms with Crippen LogP contribution in [0.15, 0.2) is 18.6 Å². The van der Waals surface area contributed by atoms with Crippen molar-refractivity contribution in [2.24, 2.45) is 5.41 Å². The molecular formula is C14H21N3. The van der Waals surface area contributed by atoms with Crippen molar-refractivity contribution in [1.29, 1.82) is 0 Å². The smallest absolute Gasteiger partial charge is 0.115 e. The lowest BCUT2D eigenvalue weighted by Crippen LogP contribution is -2.54. The first-order chi connectivity index (χ1) is 8.39. The van der Waals surface area contributed by atoms with Gasteiger partial charge < -0.3 is 5.32 Å². The summed E-state index contributed by atoms with van der Waals surface area (Å²) in [7, 11) is 0. The van der Waals surface area contributed by atoms with E-state index in [0.29, 0.717) is 5.41 Å². The van der Waals surface area contributed by atoms with Crippen LogP contribution in [0.25, 0.3) is 0 Å². The molecule has 1 aromatic heterocycles. The van der Waals surface area contributed by atoms with Gasteiger partial charge in [0, 0.05) is 18.8 Å². The van der Waals surface area contributed by atoms with Crippen LogP contribution in [-0.4, -0.2) is 16.0 Å². The maximum absolute atomic E-state index is 4.27. The summed E-state index contributed by atoms with van der Waals surface area (Å²) in [6.07, 6.45) is 13.4. The Kier molecular flexibility index (Phi) is 3.10. The molecule has 2 aliphatic rings. The van der Waals surface area contributed by atoms with E-state index < -0.39 is 0 Å². The van der Waals surface area contributed by atoms with Crippen molar-refractivity contribution < 1.29 is 0 Å². The maximum atomic E-state index is 4.27. The highest BCUT2D eigenvalue weighted by Crippen LogP contribution is 2.51. The van der Waals surface area contributed by atoms with Crippen LogP contribution in [0, 0.1) is 5.41 Å². The molecule has 0 aromatic carbocycles. The van der Waals surface area contributed by atoms with Crippen molar-refractivity contribution in [3.8, 4) is 0 Å². The van der Waals surface area contributed by atoms with Crippen LogP contribution in [0.5, 0.6) is 0 Å². The first-order valence-corrected chi connectivity index (χ1v) is 6.87. The van der Waals surface area contributed by atoms with Gasteiger partial charge in [0.1, 0.15) is 6.33 Å². The van der Waals surface area contributed by atoms with E-state index in [1.807, 2.05) is 12.3 Å². The van der Waals surface area contributed by atoms with Gasteiger partial charge in [-0.1, -0.05) is 19.3 Å². The van der Waals surface area contributed by atoms with Crippen molar-refractivity contribution in [3.05, 3.63) is 24.3 Å². The van der Waals surface area contributed by atoms with Crippen LogP contribution in [-0.2, 0) is 6.54 Å². The second-order valence-corrected chi connectivity index (χ2v) is 5.60. The molecule has 3 rings (SSSR count). The van der Waals surface area contributed by atoms with Gasteiger partial charge in [-0.2, -0.15) is 0 Å². The summed E-state index contributed by atoms with van der Waals surface area (Å²) in [6, 6.07) is 2.73. The molecule has 3 nitrogen and oxygen atoms in total. The minimum absolute atomic E-state index is 0.644. The molecule has 0 radical (unpaired) electrons. The molecule has 0 aliphatic heterocycles. The largest absolute Gasteiger partial charge is 0.308 e. The van der Waals surface area contributed by atoms with E-state index in [1.165, 1.54) is 44.9 Å². The average molecular weight is 231 g/mol. The summed E-state index contributed by atoms with van der Waals surface area (Å²) in [5.41, 5.74) is 1.75. The third-order valence-electron chi connectivity index (χ3n) is 4.69. The van der Waals surface area contributed by atoms with E-state index in [2.05, 4.69) is 15.3 Å². The standard InChI is InChI=1S/C14H21N3/c1-2-6-14(7-3-1)8-4-13(14)16-10-12-5-9-15-11-17-12/h5,9,11,13,16H,1-4,6-8,10H2. The summed E-state index contributed by atoms with van der Waals surface area (Å²) in [5.74, 6) is 0. The fraction of sp³-hybridized carbons (Fsp3) is 0.714. The van der Waals surface area contributed by atoms with Gasteiger partial charge in [-0.05, 0) is 37.2 Å². The Hall–Kier alpha value is -0.960. The molecule has 1 spiro atoms. The Balaban J connectivity index is 1.56. The van der Waals surface area contributed by atoms with Gasteiger partial charge in [0.2, 0.25) is 0 Å². The van der Waals surface area contributed by atoms with Gasteiger partial charge in [0.05, 0.1) is 5.69 Å². The minimum Gasteiger partial charge on any atom is -0.308 e. The highest BCUT2D eigenvalue weighted by Gasteiger charge is 2.46. The highest BCUT2D eigenvalue weighted by atomic mass is 15.0. The predicted molar refractivity (Wildman–Crippen MR) is 67.4 cm³/mol. The topological polar surface area (TPSA) is 37.8 Å². The molecule has 1 unspecified atom stereocenters. The van der Waals surface area contributed by atoms with Gasteiger partial charge >= 0.3 is 0 Å². The SMILES string of the molecule is c1cc(CNC2CCC23CCCCC3)ncn1. The monoisotopic (exact) mass is 231 g/mol. The van der Waals surface area contributed by atoms with Crippen LogP contribution < -0.4 is 5.32 Å². The van der Waals surface area contributed by atoms with Crippen molar-refractivity contribution in [2.75, 3.05) is 0 Å².